The Kier molecular flexibility index (Phi) is 4.61. The van der Waals surface area contributed by atoms with Crippen molar-refractivity contribution < 1.29 is 14.3 Å². The van der Waals surface area contributed by atoms with Crippen molar-refractivity contribution in [3.63, 3.8) is 0 Å². The van der Waals surface area contributed by atoms with Crippen molar-refractivity contribution in [3.05, 3.63) is 53.5 Å². The summed E-state index contributed by atoms with van der Waals surface area (Å²) in [6.45, 7) is 6.22. The van der Waals surface area contributed by atoms with E-state index in [9.17, 15) is 4.79 Å². The van der Waals surface area contributed by atoms with E-state index in [1.165, 1.54) is 0 Å². The number of amides is 1. The number of methoxy groups -OCH3 is 1. The first-order valence-electron chi connectivity index (χ1n) is 8.11. The summed E-state index contributed by atoms with van der Waals surface area (Å²) in [4.78, 5) is 17.4. The van der Waals surface area contributed by atoms with Crippen molar-refractivity contribution in [2.75, 3.05) is 19.0 Å². The van der Waals surface area contributed by atoms with Crippen LogP contribution in [0.3, 0.4) is 0 Å². The molecule has 0 aliphatic carbocycles. The molecule has 1 N–H and O–H groups in total. The molecule has 0 saturated carbocycles. The van der Waals surface area contributed by atoms with Gasteiger partial charge < -0.3 is 14.8 Å². The molecule has 0 saturated heterocycles. The molecule has 2 aromatic heterocycles. The first kappa shape index (κ1) is 16.8. The molecule has 0 aliphatic heterocycles. The van der Waals surface area contributed by atoms with Gasteiger partial charge in [-0.2, -0.15) is 0 Å². The number of ether oxygens (including phenoxy) is 2. The van der Waals surface area contributed by atoms with Crippen LogP contribution in [0.15, 0.2) is 36.5 Å². The minimum absolute atomic E-state index is 0.248. The number of nitrogens with zero attached hydrogens (tertiary/aromatic N) is 2. The Hall–Kier alpha value is -3.02. The van der Waals surface area contributed by atoms with E-state index in [1.54, 1.807) is 17.7 Å². The lowest BCUT2D eigenvalue weighted by Gasteiger charge is -2.11. The predicted octanol–water partition coefficient (Wildman–Crippen LogP) is 3.61. The van der Waals surface area contributed by atoms with E-state index in [0.717, 1.165) is 5.56 Å². The van der Waals surface area contributed by atoms with Gasteiger partial charge in [0.15, 0.2) is 11.4 Å². The summed E-state index contributed by atoms with van der Waals surface area (Å²) in [6.07, 6.45) is 1.81. The molecular weight excluding hydrogens is 318 g/mol. The second-order valence-electron chi connectivity index (χ2n) is 5.70. The SMILES string of the molecule is CCOc1cccn2c(C(=O)Nc3cc(C)ccc3OC)c(C)nc12. The minimum Gasteiger partial charge on any atom is -0.495 e. The molecule has 25 heavy (non-hydrogen) atoms. The molecule has 130 valence electrons. The highest BCUT2D eigenvalue weighted by molar-refractivity contribution is 6.05. The van der Waals surface area contributed by atoms with Crippen LogP contribution in [0.25, 0.3) is 5.65 Å². The first-order chi connectivity index (χ1) is 12.0. The van der Waals surface area contributed by atoms with E-state index in [0.29, 0.717) is 40.8 Å². The number of nitrogens with one attached hydrogen (secondary N) is 1. The normalized spacial score (nSPS) is 10.7. The highest BCUT2D eigenvalue weighted by atomic mass is 16.5. The summed E-state index contributed by atoms with van der Waals surface area (Å²) in [5.74, 6) is 1.02. The summed E-state index contributed by atoms with van der Waals surface area (Å²) < 4.78 is 12.7. The Balaban J connectivity index is 2.02. The molecule has 0 spiro atoms. The summed E-state index contributed by atoms with van der Waals surface area (Å²) in [7, 11) is 1.58. The molecule has 3 rings (SSSR count). The molecule has 1 amide bonds. The van der Waals surface area contributed by atoms with Crippen molar-refractivity contribution in [2.24, 2.45) is 0 Å². The van der Waals surface area contributed by atoms with Gasteiger partial charge in [0.2, 0.25) is 0 Å². The van der Waals surface area contributed by atoms with E-state index in [2.05, 4.69) is 10.3 Å². The molecule has 0 atom stereocenters. The average Bonchev–Trinajstić information content (AvgIpc) is 2.92. The summed E-state index contributed by atoms with van der Waals surface area (Å²) >= 11 is 0. The fraction of sp³-hybridized carbons (Fsp3) is 0.263. The molecule has 0 radical (unpaired) electrons. The molecule has 0 bridgehead atoms. The predicted molar refractivity (Wildman–Crippen MR) is 96.8 cm³/mol. The zero-order chi connectivity index (χ0) is 18.0. The standard InChI is InChI=1S/C19H21N3O3/c1-5-25-16-7-6-10-22-17(13(3)20-18(16)22)19(23)21-14-11-12(2)8-9-15(14)24-4/h6-11H,5H2,1-4H3,(H,21,23). The number of rotatable bonds is 5. The minimum atomic E-state index is -0.248. The van der Waals surface area contributed by atoms with E-state index < -0.39 is 0 Å². The van der Waals surface area contributed by atoms with Gasteiger partial charge in [0.25, 0.3) is 5.91 Å². The number of carbonyl (C=O) groups is 1. The van der Waals surface area contributed by atoms with Crippen molar-refractivity contribution in [2.45, 2.75) is 20.8 Å². The number of aryl methyl sites for hydroxylation is 2. The van der Waals surface area contributed by atoms with Crippen LogP contribution in [-0.2, 0) is 0 Å². The van der Waals surface area contributed by atoms with Crippen LogP contribution in [0.5, 0.6) is 11.5 Å². The third kappa shape index (κ3) is 3.15. The van der Waals surface area contributed by atoms with Gasteiger partial charge >= 0.3 is 0 Å². The first-order valence-corrected chi connectivity index (χ1v) is 8.11. The highest BCUT2D eigenvalue weighted by Gasteiger charge is 2.20. The van der Waals surface area contributed by atoms with Crippen LogP contribution in [-0.4, -0.2) is 29.0 Å². The number of anilines is 1. The Morgan fingerprint density at radius 2 is 2.04 bits per heavy atom. The van der Waals surface area contributed by atoms with Crippen molar-refractivity contribution in [3.8, 4) is 11.5 Å². The number of fused-ring (bicyclic) bond motifs is 1. The average molecular weight is 339 g/mol. The highest BCUT2D eigenvalue weighted by Crippen LogP contribution is 2.27. The zero-order valence-corrected chi connectivity index (χ0v) is 14.8. The lowest BCUT2D eigenvalue weighted by molar-refractivity contribution is 0.102. The Labute approximate surface area is 146 Å². The smallest absolute Gasteiger partial charge is 0.274 e. The van der Waals surface area contributed by atoms with Gasteiger partial charge in [0.05, 0.1) is 25.1 Å². The van der Waals surface area contributed by atoms with Gasteiger partial charge in [0.1, 0.15) is 11.4 Å². The second-order valence-corrected chi connectivity index (χ2v) is 5.70. The second kappa shape index (κ2) is 6.84. The maximum absolute atomic E-state index is 12.9. The van der Waals surface area contributed by atoms with Gasteiger partial charge in [-0.1, -0.05) is 6.07 Å². The number of pyridine rings is 1. The van der Waals surface area contributed by atoms with Gasteiger partial charge in [-0.3, -0.25) is 9.20 Å². The maximum atomic E-state index is 12.9. The van der Waals surface area contributed by atoms with Crippen LogP contribution < -0.4 is 14.8 Å². The van der Waals surface area contributed by atoms with Gasteiger partial charge in [-0.15, -0.1) is 0 Å². The molecule has 3 aromatic rings. The van der Waals surface area contributed by atoms with Gasteiger partial charge in [0, 0.05) is 6.20 Å². The van der Waals surface area contributed by atoms with E-state index in [4.69, 9.17) is 9.47 Å². The molecule has 1 aromatic carbocycles. The van der Waals surface area contributed by atoms with Crippen LogP contribution in [0.1, 0.15) is 28.7 Å². The van der Waals surface area contributed by atoms with Gasteiger partial charge in [-0.25, -0.2) is 4.98 Å². The maximum Gasteiger partial charge on any atom is 0.274 e. The fourth-order valence-electron chi connectivity index (χ4n) is 2.80. The molecule has 6 heteroatoms. The van der Waals surface area contributed by atoms with E-state index in [-0.39, 0.29) is 5.91 Å². The van der Waals surface area contributed by atoms with Crippen molar-refractivity contribution >= 4 is 17.2 Å². The quantitative estimate of drug-likeness (QED) is 0.771. The Morgan fingerprint density at radius 1 is 1.24 bits per heavy atom. The molecular formula is C19H21N3O3. The molecule has 0 unspecified atom stereocenters. The zero-order valence-electron chi connectivity index (χ0n) is 14.8. The van der Waals surface area contributed by atoms with Crippen LogP contribution in [0, 0.1) is 13.8 Å². The van der Waals surface area contributed by atoms with Crippen molar-refractivity contribution in [1.82, 2.24) is 9.38 Å². The molecule has 0 aliphatic rings. The number of aromatic nitrogens is 2. The molecule has 0 fully saturated rings. The number of hydrogen-bond acceptors (Lipinski definition) is 4. The van der Waals surface area contributed by atoms with Crippen LogP contribution >= 0.6 is 0 Å². The lowest BCUT2D eigenvalue weighted by atomic mass is 10.2. The number of benzene rings is 1. The summed E-state index contributed by atoms with van der Waals surface area (Å²) in [5.41, 5.74) is 3.40. The topological polar surface area (TPSA) is 64.9 Å². The lowest BCUT2D eigenvalue weighted by Crippen LogP contribution is -2.16. The summed E-state index contributed by atoms with van der Waals surface area (Å²) in [5, 5.41) is 2.92. The number of carbonyl (C=O) groups excluding carboxylic acids is 1. The van der Waals surface area contributed by atoms with E-state index in [1.807, 2.05) is 51.1 Å². The van der Waals surface area contributed by atoms with Gasteiger partial charge in [-0.05, 0) is 50.6 Å². The molecule has 2 heterocycles. The van der Waals surface area contributed by atoms with Crippen LogP contribution in [0.2, 0.25) is 0 Å². The Bertz CT molecular complexity index is 931. The van der Waals surface area contributed by atoms with Crippen LogP contribution in [0.4, 0.5) is 5.69 Å². The van der Waals surface area contributed by atoms with E-state index >= 15 is 0 Å². The van der Waals surface area contributed by atoms with Crippen molar-refractivity contribution in [1.29, 1.82) is 0 Å². The number of hydrogen-bond donors (Lipinski definition) is 1. The monoisotopic (exact) mass is 339 g/mol. The summed E-state index contributed by atoms with van der Waals surface area (Å²) in [6, 6.07) is 9.32. The fourth-order valence-corrected chi connectivity index (χ4v) is 2.80. The third-order valence-corrected chi connectivity index (χ3v) is 3.91. The Morgan fingerprint density at radius 3 is 2.76 bits per heavy atom. The molecule has 6 nitrogen and oxygen atoms in total. The third-order valence-electron chi connectivity index (χ3n) is 3.91. The number of imidazole rings is 1. The largest absolute Gasteiger partial charge is 0.495 e.